The summed E-state index contributed by atoms with van der Waals surface area (Å²) >= 11 is 1.54. The van der Waals surface area contributed by atoms with Crippen molar-refractivity contribution in [3.8, 4) is 0 Å². The highest BCUT2D eigenvalue weighted by atomic mass is 32.1. The van der Waals surface area contributed by atoms with Gasteiger partial charge < -0.3 is 4.74 Å². The lowest BCUT2D eigenvalue weighted by molar-refractivity contribution is -0.140. The monoisotopic (exact) mass is 240 g/mol. The number of hydrogen-bond acceptors (Lipinski definition) is 4. The van der Waals surface area contributed by atoms with Crippen molar-refractivity contribution in [3.63, 3.8) is 0 Å². The van der Waals surface area contributed by atoms with E-state index in [-0.39, 0.29) is 11.8 Å². The average molecular weight is 240 g/mol. The number of rotatable bonds is 6. The third-order valence-electron chi connectivity index (χ3n) is 2.30. The van der Waals surface area contributed by atoms with Gasteiger partial charge in [0.2, 0.25) is 0 Å². The summed E-state index contributed by atoms with van der Waals surface area (Å²) in [6.07, 6.45) is 2.25. The lowest BCUT2D eigenvalue weighted by Gasteiger charge is -1.98. The van der Waals surface area contributed by atoms with Gasteiger partial charge in [0.1, 0.15) is 0 Å². The first-order valence-electron chi connectivity index (χ1n) is 5.36. The Morgan fingerprint density at radius 2 is 2.06 bits per heavy atom. The fraction of sp³-hybridized carbons (Fsp3) is 0.500. The van der Waals surface area contributed by atoms with Gasteiger partial charge in [0.15, 0.2) is 5.78 Å². The number of esters is 1. The van der Waals surface area contributed by atoms with Crippen molar-refractivity contribution in [2.24, 2.45) is 0 Å². The molecule has 0 spiro atoms. The van der Waals surface area contributed by atoms with Crippen molar-refractivity contribution in [2.45, 2.75) is 32.6 Å². The number of methoxy groups -OCH3 is 1. The Balaban J connectivity index is 2.38. The van der Waals surface area contributed by atoms with Gasteiger partial charge in [-0.15, -0.1) is 11.3 Å². The second-order valence-corrected chi connectivity index (χ2v) is 4.64. The number of thiophene rings is 1. The predicted octanol–water partition coefficient (Wildman–Crippen LogP) is 2.84. The van der Waals surface area contributed by atoms with Crippen LogP contribution in [-0.4, -0.2) is 18.9 Å². The van der Waals surface area contributed by atoms with Crippen LogP contribution < -0.4 is 0 Å². The topological polar surface area (TPSA) is 43.4 Å². The fourth-order valence-electron chi connectivity index (χ4n) is 1.34. The molecule has 4 heteroatoms. The van der Waals surface area contributed by atoms with Gasteiger partial charge in [-0.25, -0.2) is 0 Å². The standard InChI is InChI=1S/C12H16O3S/c1-3-9-7-8-11(16-9)10(13)5-4-6-12(14)15-2/h7-8H,3-6H2,1-2H3. The summed E-state index contributed by atoms with van der Waals surface area (Å²) in [6.45, 7) is 2.07. The molecule has 0 bridgehead atoms. The number of hydrogen-bond donors (Lipinski definition) is 0. The van der Waals surface area contributed by atoms with E-state index in [0.717, 1.165) is 11.3 Å². The van der Waals surface area contributed by atoms with Gasteiger partial charge in [0, 0.05) is 17.7 Å². The van der Waals surface area contributed by atoms with Gasteiger partial charge in [-0.3, -0.25) is 9.59 Å². The highest BCUT2D eigenvalue weighted by molar-refractivity contribution is 7.14. The summed E-state index contributed by atoms with van der Waals surface area (Å²) in [6, 6.07) is 3.85. The molecule has 0 unspecified atom stereocenters. The molecule has 0 saturated heterocycles. The molecule has 0 aliphatic rings. The van der Waals surface area contributed by atoms with E-state index >= 15 is 0 Å². The van der Waals surface area contributed by atoms with Crippen LogP contribution >= 0.6 is 11.3 Å². The zero-order chi connectivity index (χ0) is 12.0. The molecule has 3 nitrogen and oxygen atoms in total. The minimum absolute atomic E-state index is 0.119. The van der Waals surface area contributed by atoms with Crippen LogP contribution in [0.5, 0.6) is 0 Å². The molecule has 0 atom stereocenters. The first-order chi connectivity index (χ1) is 7.67. The van der Waals surface area contributed by atoms with E-state index < -0.39 is 0 Å². The molecule has 1 aromatic heterocycles. The SMILES string of the molecule is CCc1ccc(C(=O)CCCC(=O)OC)s1. The Morgan fingerprint density at radius 3 is 2.62 bits per heavy atom. The van der Waals surface area contributed by atoms with E-state index in [9.17, 15) is 9.59 Å². The second-order valence-electron chi connectivity index (χ2n) is 3.47. The number of aryl methyl sites for hydroxylation is 1. The number of carbonyl (C=O) groups is 2. The van der Waals surface area contributed by atoms with Crippen LogP contribution in [0.4, 0.5) is 0 Å². The number of ether oxygens (including phenoxy) is 1. The molecule has 1 aromatic rings. The van der Waals surface area contributed by atoms with E-state index in [2.05, 4.69) is 11.7 Å². The fourth-order valence-corrected chi connectivity index (χ4v) is 2.25. The predicted molar refractivity (Wildman–Crippen MR) is 63.9 cm³/mol. The Bertz CT molecular complexity index is 368. The maximum Gasteiger partial charge on any atom is 0.305 e. The number of carbonyl (C=O) groups excluding carboxylic acids is 2. The van der Waals surface area contributed by atoms with Gasteiger partial charge in [-0.2, -0.15) is 0 Å². The summed E-state index contributed by atoms with van der Waals surface area (Å²) in [5.74, 6) is -0.137. The zero-order valence-corrected chi connectivity index (χ0v) is 10.4. The summed E-state index contributed by atoms with van der Waals surface area (Å²) in [4.78, 5) is 24.6. The molecule has 16 heavy (non-hydrogen) atoms. The Labute approximate surface area is 99.4 Å². The smallest absolute Gasteiger partial charge is 0.305 e. The summed E-state index contributed by atoms with van der Waals surface area (Å²) in [5, 5.41) is 0. The van der Waals surface area contributed by atoms with Gasteiger partial charge in [0.05, 0.1) is 12.0 Å². The van der Waals surface area contributed by atoms with Crippen LogP contribution in [0.3, 0.4) is 0 Å². The minimum Gasteiger partial charge on any atom is -0.469 e. The maximum atomic E-state index is 11.7. The third kappa shape index (κ3) is 3.77. The van der Waals surface area contributed by atoms with E-state index in [1.165, 1.54) is 23.3 Å². The zero-order valence-electron chi connectivity index (χ0n) is 9.62. The largest absolute Gasteiger partial charge is 0.469 e. The highest BCUT2D eigenvalue weighted by Crippen LogP contribution is 2.19. The molecule has 88 valence electrons. The molecule has 0 aliphatic heterocycles. The van der Waals surface area contributed by atoms with Gasteiger partial charge in [-0.1, -0.05) is 6.92 Å². The van der Waals surface area contributed by atoms with Crippen LogP contribution in [-0.2, 0) is 16.0 Å². The number of Topliss-reactive ketones (excluding diaryl/α,β-unsaturated/α-hetero) is 1. The molecular formula is C12H16O3S. The van der Waals surface area contributed by atoms with Crippen LogP contribution in [0, 0.1) is 0 Å². The van der Waals surface area contributed by atoms with Crippen molar-refractivity contribution < 1.29 is 14.3 Å². The lowest BCUT2D eigenvalue weighted by Crippen LogP contribution is -2.02. The summed E-state index contributed by atoms with van der Waals surface area (Å²) < 4.78 is 4.51. The maximum absolute atomic E-state index is 11.7. The Hall–Kier alpha value is -1.16. The minimum atomic E-state index is -0.256. The Morgan fingerprint density at radius 1 is 1.31 bits per heavy atom. The van der Waals surface area contributed by atoms with Crippen molar-refractivity contribution in [2.75, 3.05) is 7.11 Å². The molecule has 0 fully saturated rings. The first kappa shape index (κ1) is 12.9. The molecule has 0 radical (unpaired) electrons. The lowest BCUT2D eigenvalue weighted by atomic mass is 10.1. The van der Waals surface area contributed by atoms with Crippen LogP contribution in [0.2, 0.25) is 0 Å². The average Bonchev–Trinajstić information content (AvgIpc) is 2.77. The first-order valence-corrected chi connectivity index (χ1v) is 6.17. The molecular weight excluding hydrogens is 224 g/mol. The van der Waals surface area contributed by atoms with E-state index in [1.807, 2.05) is 12.1 Å². The van der Waals surface area contributed by atoms with Crippen molar-refractivity contribution >= 4 is 23.1 Å². The summed E-state index contributed by atoms with van der Waals surface area (Å²) in [7, 11) is 1.36. The Kier molecular flexibility index (Phi) is 5.19. The normalized spacial score (nSPS) is 10.1. The van der Waals surface area contributed by atoms with Crippen LogP contribution in [0.1, 0.15) is 40.7 Å². The molecule has 0 amide bonds. The van der Waals surface area contributed by atoms with Crippen molar-refractivity contribution in [3.05, 3.63) is 21.9 Å². The van der Waals surface area contributed by atoms with E-state index in [4.69, 9.17) is 0 Å². The number of ketones is 1. The summed E-state index contributed by atoms with van der Waals surface area (Å²) in [5.41, 5.74) is 0. The van der Waals surface area contributed by atoms with Gasteiger partial charge in [-0.05, 0) is 25.0 Å². The molecule has 0 N–H and O–H groups in total. The van der Waals surface area contributed by atoms with Crippen LogP contribution in [0.25, 0.3) is 0 Å². The second kappa shape index (κ2) is 6.43. The quantitative estimate of drug-likeness (QED) is 0.567. The van der Waals surface area contributed by atoms with E-state index in [0.29, 0.717) is 19.3 Å². The van der Waals surface area contributed by atoms with Crippen LogP contribution in [0.15, 0.2) is 12.1 Å². The molecule has 1 heterocycles. The molecule has 0 aliphatic carbocycles. The molecule has 0 saturated carbocycles. The molecule has 1 rings (SSSR count). The highest BCUT2D eigenvalue weighted by Gasteiger charge is 2.09. The van der Waals surface area contributed by atoms with Gasteiger partial charge >= 0.3 is 5.97 Å². The van der Waals surface area contributed by atoms with Crippen molar-refractivity contribution in [1.29, 1.82) is 0 Å². The van der Waals surface area contributed by atoms with Crippen molar-refractivity contribution in [1.82, 2.24) is 0 Å². The molecule has 0 aromatic carbocycles. The van der Waals surface area contributed by atoms with E-state index in [1.54, 1.807) is 0 Å². The third-order valence-corrected chi connectivity index (χ3v) is 3.57. The van der Waals surface area contributed by atoms with Gasteiger partial charge in [0.25, 0.3) is 0 Å².